The molecule has 4 rings (SSSR count). The van der Waals surface area contributed by atoms with Crippen molar-refractivity contribution in [2.75, 3.05) is 13.2 Å². The highest BCUT2D eigenvalue weighted by atomic mass is 16.5. The average Bonchev–Trinajstić information content (AvgIpc) is 3.28. The van der Waals surface area contributed by atoms with Crippen LogP contribution in [-0.4, -0.2) is 38.5 Å². The van der Waals surface area contributed by atoms with E-state index in [9.17, 15) is 9.59 Å². The van der Waals surface area contributed by atoms with E-state index in [1.165, 1.54) is 16.4 Å². The first-order valence-corrected chi connectivity index (χ1v) is 11.1. The zero-order valence-electron chi connectivity index (χ0n) is 18.8. The summed E-state index contributed by atoms with van der Waals surface area (Å²) in [4.78, 5) is 25.2. The molecule has 1 amide bonds. The quantitative estimate of drug-likeness (QED) is 0.428. The second-order valence-corrected chi connectivity index (χ2v) is 7.68. The highest BCUT2D eigenvalue weighted by Crippen LogP contribution is 2.19. The third-order valence-electron chi connectivity index (χ3n) is 5.41. The Hall–Kier alpha value is -3.94. The van der Waals surface area contributed by atoms with Gasteiger partial charge >= 0.3 is 0 Å². The number of carbonyl (C=O) groups is 1. The Morgan fingerprint density at radius 2 is 1.76 bits per heavy atom. The highest BCUT2D eigenvalue weighted by Gasteiger charge is 2.12. The number of hydrogen-bond donors (Lipinski definition) is 1. The lowest BCUT2D eigenvalue weighted by atomic mass is 10.1. The molecule has 2 aromatic carbocycles. The van der Waals surface area contributed by atoms with Crippen LogP contribution in [0.25, 0.3) is 16.8 Å². The first kappa shape index (κ1) is 22.3. The van der Waals surface area contributed by atoms with E-state index in [-0.39, 0.29) is 18.0 Å². The summed E-state index contributed by atoms with van der Waals surface area (Å²) in [5.41, 5.74) is 3.96. The van der Waals surface area contributed by atoms with Gasteiger partial charge in [0.1, 0.15) is 24.1 Å². The van der Waals surface area contributed by atoms with Crippen molar-refractivity contribution in [2.45, 2.75) is 33.2 Å². The van der Waals surface area contributed by atoms with Gasteiger partial charge in [0, 0.05) is 12.1 Å². The number of aromatic nitrogens is 4. The molecule has 8 nitrogen and oxygen atoms in total. The zero-order valence-corrected chi connectivity index (χ0v) is 18.8. The van der Waals surface area contributed by atoms with Gasteiger partial charge in [0.2, 0.25) is 5.91 Å². The number of fused-ring (bicyclic) bond motifs is 1. The van der Waals surface area contributed by atoms with E-state index in [1.54, 1.807) is 6.07 Å². The number of carbonyl (C=O) groups excluding carboxylic acids is 1. The number of amides is 1. The summed E-state index contributed by atoms with van der Waals surface area (Å²) in [5, 5.41) is 11.4. The van der Waals surface area contributed by atoms with Gasteiger partial charge in [-0.05, 0) is 49.1 Å². The maximum atomic E-state index is 12.8. The maximum Gasteiger partial charge on any atom is 0.293 e. The fraction of sp³-hybridized carbons (Fsp3) is 0.280. The second-order valence-electron chi connectivity index (χ2n) is 7.68. The predicted molar refractivity (Wildman–Crippen MR) is 126 cm³/mol. The summed E-state index contributed by atoms with van der Waals surface area (Å²) in [7, 11) is 0. The van der Waals surface area contributed by atoms with Crippen molar-refractivity contribution in [2.24, 2.45) is 0 Å². The van der Waals surface area contributed by atoms with Gasteiger partial charge in [0.15, 0.2) is 0 Å². The number of hydrogen-bond acceptors (Lipinski definition) is 5. The van der Waals surface area contributed by atoms with Crippen molar-refractivity contribution in [1.29, 1.82) is 0 Å². The van der Waals surface area contributed by atoms with E-state index < -0.39 is 0 Å². The molecule has 0 aliphatic rings. The third-order valence-corrected chi connectivity index (χ3v) is 5.41. The first-order valence-electron chi connectivity index (χ1n) is 11.1. The Labute approximate surface area is 191 Å². The number of benzene rings is 2. The van der Waals surface area contributed by atoms with Crippen LogP contribution in [0.15, 0.2) is 65.7 Å². The van der Waals surface area contributed by atoms with Gasteiger partial charge in [0.25, 0.3) is 5.56 Å². The van der Waals surface area contributed by atoms with Gasteiger partial charge in [-0.1, -0.05) is 43.3 Å². The number of nitrogens with one attached hydrogen (secondary N) is 1. The fourth-order valence-corrected chi connectivity index (χ4v) is 3.56. The van der Waals surface area contributed by atoms with Crippen molar-refractivity contribution >= 4 is 11.4 Å². The lowest BCUT2D eigenvalue weighted by molar-refractivity contribution is -0.121. The van der Waals surface area contributed by atoms with E-state index in [0.717, 1.165) is 28.0 Å². The van der Waals surface area contributed by atoms with Gasteiger partial charge in [-0.3, -0.25) is 9.59 Å². The van der Waals surface area contributed by atoms with Crippen LogP contribution in [0.3, 0.4) is 0 Å². The van der Waals surface area contributed by atoms with Crippen LogP contribution in [-0.2, 0) is 24.2 Å². The second kappa shape index (κ2) is 10.1. The third kappa shape index (κ3) is 5.28. The molecule has 2 heterocycles. The molecule has 33 heavy (non-hydrogen) atoms. The minimum Gasteiger partial charge on any atom is -0.494 e. The van der Waals surface area contributed by atoms with Crippen LogP contribution in [0.2, 0.25) is 0 Å². The molecular formula is C25H27N5O3. The van der Waals surface area contributed by atoms with Crippen molar-refractivity contribution < 1.29 is 9.53 Å². The smallest absolute Gasteiger partial charge is 0.293 e. The largest absolute Gasteiger partial charge is 0.494 e. The molecule has 0 radical (unpaired) electrons. The molecule has 4 aromatic rings. The van der Waals surface area contributed by atoms with Crippen LogP contribution in [0.5, 0.6) is 5.75 Å². The molecule has 0 spiro atoms. The molecule has 8 heteroatoms. The van der Waals surface area contributed by atoms with Crippen LogP contribution in [0, 0.1) is 0 Å². The Kier molecular flexibility index (Phi) is 6.83. The average molecular weight is 446 g/mol. The number of rotatable bonds is 9. The molecule has 2 aromatic heterocycles. The van der Waals surface area contributed by atoms with E-state index >= 15 is 0 Å². The molecule has 0 saturated carbocycles. The molecular weight excluding hydrogens is 418 g/mol. The van der Waals surface area contributed by atoms with Crippen molar-refractivity contribution in [1.82, 2.24) is 24.7 Å². The van der Waals surface area contributed by atoms with Gasteiger partial charge < -0.3 is 10.1 Å². The van der Waals surface area contributed by atoms with Gasteiger partial charge in [-0.2, -0.15) is 10.2 Å². The molecule has 0 aliphatic heterocycles. The Morgan fingerprint density at radius 3 is 2.45 bits per heavy atom. The highest BCUT2D eigenvalue weighted by molar-refractivity contribution is 5.75. The summed E-state index contributed by atoms with van der Waals surface area (Å²) in [5.74, 6) is 0.557. The molecule has 0 bridgehead atoms. The van der Waals surface area contributed by atoms with Crippen molar-refractivity contribution in [3.8, 4) is 17.0 Å². The molecule has 0 atom stereocenters. The van der Waals surface area contributed by atoms with E-state index in [1.807, 2.05) is 55.5 Å². The Morgan fingerprint density at radius 1 is 1.03 bits per heavy atom. The van der Waals surface area contributed by atoms with Crippen molar-refractivity contribution in [3.05, 3.63) is 82.4 Å². The lowest BCUT2D eigenvalue weighted by Gasteiger charge is -2.08. The predicted octanol–water partition coefficient (Wildman–Crippen LogP) is 2.88. The number of aryl methyl sites for hydroxylation is 1. The van der Waals surface area contributed by atoms with Gasteiger partial charge in [-0.25, -0.2) is 9.20 Å². The molecule has 0 fully saturated rings. The Bertz CT molecular complexity index is 1290. The first-order chi connectivity index (χ1) is 16.1. The fourth-order valence-electron chi connectivity index (χ4n) is 3.56. The topological polar surface area (TPSA) is 90.5 Å². The minimum atomic E-state index is -0.358. The number of nitrogens with zero attached hydrogens (tertiary/aromatic N) is 4. The van der Waals surface area contributed by atoms with Crippen LogP contribution in [0.1, 0.15) is 25.0 Å². The summed E-state index contributed by atoms with van der Waals surface area (Å²) in [6.07, 6.45) is 3.10. The van der Waals surface area contributed by atoms with Gasteiger partial charge in [0.05, 0.1) is 12.3 Å². The summed E-state index contributed by atoms with van der Waals surface area (Å²) >= 11 is 0. The van der Waals surface area contributed by atoms with Crippen LogP contribution >= 0.6 is 0 Å². The van der Waals surface area contributed by atoms with Crippen LogP contribution in [0.4, 0.5) is 0 Å². The zero-order chi connectivity index (χ0) is 23.2. The molecule has 170 valence electrons. The van der Waals surface area contributed by atoms with E-state index in [2.05, 4.69) is 22.4 Å². The van der Waals surface area contributed by atoms with Crippen molar-refractivity contribution in [3.63, 3.8) is 0 Å². The van der Waals surface area contributed by atoms with E-state index in [0.29, 0.717) is 30.8 Å². The minimum absolute atomic E-state index is 0.148. The molecule has 0 aliphatic carbocycles. The monoisotopic (exact) mass is 445 g/mol. The van der Waals surface area contributed by atoms with E-state index in [4.69, 9.17) is 4.74 Å². The normalized spacial score (nSPS) is 11.0. The summed E-state index contributed by atoms with van der Waals surface area (Å²) < 4.78 is 8.04. The maximum absolute atomic E-state index is 12.8. The summed E-state index contributed by atoms with van der Waals surface area (Å²) in [6.45, 7) is 4.99. The SMILES string of the molecule is CCOc1ccc(CCNC(=O)Cn2ncn3nc(-c4ccc(CC)cc4)cc3c2=O)cc1. The molecule has 1 N–H and O–H groups in total. The van der Waals surface area contributed by atoms with Gasteiger partial charge in [-0.15, -0.1) is 0 Å². The number of ether oxygens (including phenoxy) is 1. The van der Waals surface area contributed by atoms with Crippen LogP contribution < -0.4 is 15.6 Å². The Balaban J connectivity index is 1.39. The summed E-state index contributed by atoms with van der Waals surface area (Å²) in [6, 6.07) is 17.6. The standard InChI is InChI=1S/C25H27N5O3/c1-3-18-5-9-20(10-6-18)22-15-23-25(32)29(27-17-30(23)28-22)16-24(31)26-14-13-19-7-11-21(12-8-19)33-4-2/h5-12,15,17H,3-4,13-14,16H2,1-2H3,(H,26,31). The lowest BCUT2D eigenvalue weighted by Crippen LogP contribution is -2.35. The molecule has 0 unspecified atom stereocenters. The molecule has 0 saturated heterocycles.